The first-order valence-electron chi connectivity index (χ1n) is 5.76. The van der Waals surface area contributed by atoms with Gasteiger partial charge in [0.25, 0.3) is 0 Å². The van der Waals surface area contributed by atoms with Crippen LogP contribution in [0.2, 0.25) is 0 Å². The van der Waals surface area contributed by atoms with E-state index in [-0.39, 0.29) is 0 Å². The smallest absolute Gasteiger partial charge is 0.101 e. The molecule has 19 heavy (non-hydrogen) atoms. The lowest BCUT2D eigenvalue weighted by molar-refractivity contribution is 0.916. The number of nitriles is 1. The standard InChI is InChI=1S/C15H12Br2N2/c1-19(10-11-4-2-3-5-14(11)17)15-7-6-13(16)8-12(15)9-18/h2-8H,10H2,1H3. The van der Waals surface area contributed by atoms with Crippen LogP contribution in [-0.2, 0) is 6.54 Å². The number of benzene rings is 2. The Kier molecular flexibility index (Phi) is 4.62. The Balaban J connectivity index is 2.28. The maximum atomic E-state index is 9.21. The van der Waals surface area contributed by atoms with Gasteiger partial charge in [0.15, 0.2) is 0 Å². The van der Waals surface area contributed by atoms with Gasteiger partial charge in [-0.25, -0.2) is 0 Å². The van der Waals surface area contributed by atoms with E-state index in [1.54, 1.807) is 0 Å². The molecule has 0 atom stereocenters. The molecule has 0 aliphatic rings. The molecule has 0 heterocycles. The van der Waals surface area contributed by atoms with Gasteiger partial charge < -0.3 is 4.90 Å². The summed E-state index contributed by atoms with van der Waals surface area (Å²) in [5.74, 6) is 0. The molecule has 96 valence electrons. The van der Waals surface area contributed by atoms with Gasteiger partial charge in [-0.05, 0) is 29.8 Å². The number of hydrogen-bond donors (Lipinski definition) is 0. The minimum atomic E-state index is 0.670. The zero-order chi connectivity index (χ0) is 13.8. The van der Waals surface area contributed by atoms with Crippen molar-refractivity contribution in [3.63, 3.8) is 0 Å². The topological polar surface area (TPSA) is 27.0 Å². The van der Waals surface area contributed by atoms with Gasteiger partial charge in [-0.1, -0.05) is 50.1 Å². The van der Waals surface area contributed by atoms with Crippen molar-refractivity contribution in [3.05, 3.63) is 62.5 Å². The van der Waals surface area contributed by atoms with Crippen molar-refractivity contribution in [2.75, 3.05) is 11.9 Å². The van der Waals surface area contributed by atoms with Gasteiger partial charge in [0.05, 0.1) is 11.3 Å². The van der Waals surface area contributed by atoms with Crippen molar-refractivity contribution >= 4 is 37.5 Å². The normalized spacial score (nSPS) is 10.0. The molecule has 0 saturated heterocycles. The average molecular weight is 380 g/mol. The fourth-order valence-corrected chi connectivity index (χ4v) is 2.67. The number of anilines is 1. The fraction of sp³-hybridized carbons (Fsp3) is 0.133. The predicted octanol–water partition coefficient (Wildman–Crippen LogP) is 4.72. The molecule has 0 fully saturated rings. The summed E-state index contributed by atoms with van der Waals surface area (Å²) in [4.78, 5) is 2.07. The Morgan fingerprint density at radius 1 is 1.16 bits per heavy atom. The highest BCUT2D eigenvalue weighted by atomic mass is 79.9. The number of nitrogens with zero attached hydrogens (tertiary/aromatic N) is 2. The Bertz CT molecular complexity index is 632. The largest absolute Gasteiger partial charge is 0.369 e. The van der Waals surface area contributed by atoms with Crippen LogP contribution in [0.1, 0.15) is 11.1 Å². The van der Waals surface area contributed by atoms with Crippen LogP contribution in [0, 0.1) is 11.3 Å². The van der Waals surface area contributed by atoms with Gasteiger partial charge in [0.2, 0.25) is 0 Å². The minimum absolute atomic E-state index is 0.670. The molecule has 2 nitrogen and oxygen atoms in total. The number of halogens is 2. The summed E-state index contributed by atoms with van der Waals surface area (Å²) >= 11 is 6.93. The molecule has 2 rings (SSSR count). The molecular formula is C15H12Br2N2. The summed E-state index contributed by atoms with van der Waals surface area (Å²) in [6, 6.07) is 16.1. The lowest BCUT2D eigenvalue weighted by Crippen LogP contribution is -2.17. The molecule has 0 aromatic heterocycles. The van der Waals surface area contributed by atoms with Crippen LogP contribution in [0.3, 0.4) is 0 Å². The van der Waals surface area contributed by atoms with Crippen molar-refractivity contribution in [1.82, 2.24) is 0 Å². The van der Waals surface area contributed by atoms with Gasteiger partial charge in [-0.3, -0.25) is 0 Å². The summed E-state index contributed by atoms with van der Waals surface area (Å²) < 4.78 is 2.00. The van der Waals surface area contributed by atoms with Crippen LogP contribution in [0.5, 0.6) is 0 Å². The molecule has 0 aliphatic carbocycles. The number of hydrogen-bond acceptors (Lipinski definition) is 2. The van der Waals surface area contributed by atoms with Crippen molar-refractivity contribution in [2.24, 2.45) is 0 Å². The molecule has 0 bridgehead atoms. The Morgan fingerprint density at radius 2 is 1.89 bits per heavy atom. The average Bonchev–Trinajstić information content (AvgIpc) is 2.41. The van der Waals surface area contributed by atoms with Gasteiger partial charge in [-0.2, -0.15) is 5.26 Å². The molecule has 0 unspecified atom stereocenters. The van der Waals surface area contributed by atoms with Crippen LogP contribution < -0.4 is 4.90 Å². The molecule has 0 amide bonds. The summed E-state index contributed by atoms with van der Waals surface area (Å²) in [6.07, 6.45) is 0. The van der Waals surface area contributed by atoms with E-state index >= 15 is 0 Å². The van der Waals surface area contributed by atoms with E-state index in [1.165, 1.54) is 5.56 Å². The minimum Gasteiger partial charge on any atom is -0.369 e. The molecular weight excluding hydrogens is 368 g/mol. The summed E-state index contributed by atoms with van der Waals surface area (Å²) in [5.41, 5.74) is 2.79. The molecule has 0 saturated carbocycles. The Labute approximate surface area is 129 Å². The second-order valence-corrected chi connectivity index (χ2v) is 5.99. The molecule has 0 N–H and O–H groups in total. The second-order valence-electron chi connectivity index (χ2n) is 4.22. The van der Waals surface area contributed by atoms with E-state index < -0.39 is 0 Å². The highest BCUT2D eigenvalue weighted by molar-refractivity contribution is 9.10. The van der Waals surface area contributed by atoms with Gasteiger partial charge in [-0.15, -0.1) is 0 Å². The lowest BCUT2D eigenvalue weighted by atomic mass is 10.1. The molecule has 4 heteroatoms. The van der Waals surface area contributed by atoms with E-state index in [0.717, 1.165) is 21.2 Å². The van der Waals surface area contributed by atoms with Gasteiger partial charge in [0.1, 0.15) is 6.07 Å². The van der Waals surface area contributed by atoms with Crippen molar-refractivity contribution in [2.45, 2.75) is 6.54 Å². The second kappa shape index (κ2) is 6.23. The Morgan fingerprint density at radius 3 is 2.58 bits per heavy atom. The van der Waals surface area contributed by atoms with Gasteiger partial charge >= 0.3 is 0 Å². The zero-order valence-corrected chi connectivity index (χ0v) is 13.6. The summed E-state index contributed by atoms with van der Waals surface area (Å²) in [5, 5.41) is 9.21. The Hall–Kier alpha value is -1.31. The third-order valence-corrected chi connectivity index (χ3v) is 4.12. The summed E-state index contributed by atoms with van der Waals surface area (Å²) in [7, 11) is 1.99. The highest BCUT2D eigenvalue weighted by Gasteiger charge is 2.09. The molecule has 2 aromatic rings. The third kappa shape index (κ3) is 3.37. The van der Waals surface area contributed by atoms with Gasteiger partial charge in [0, 0.05) is 22.5 Å². The lowest BCUT2D eigenvalue weighted by Gasteiger charge is -2.21. The molecule has 0 spiro atoms. The maximum Gasteiger partial charge on any atom is 0.101 e. The van der Waals surface area contributed by atoms with Crippen LogP contribution >= 0.6 is 31.9 Å². The van der Waals surface area contributed by atoms with Crippen molar-refractivity contribution in [1.29, 1.82) is 5.26 Å². The van der Waals surface area contributed by atoms with Crippen LogP contribution in [-0.4, -0.2) is 7.05 Å². The first-order valence-corrected chi connectivity index (χ1v) is 7.34. The first kappa shape index (κ1) is 14.1. The first-order chi connectivity index (χ1) is 9.11. The molecule has 0 aliphatic heterocycles. The quantitative estimate of drug-likeness (QED) is 0.771. The maximum absolute atomic E-state index is 9.21. The van der Waals surface area contributed by atoms with Crippen LogP contribution in [0.15, 0.2) is 51.4 Å². The molecule has 0 radical (unpaired) electrons. The van der Waals surface area contributed by atoms with E-state index in [1.807, 2.05) is 43.4 Å². The predicted molar refractivity (Wildman–Crippen MR) is 85.1 cm³/mol. The van der Waals surface area contributed by atoms with E-state index in [2.05, 4.69) is 48.9 Å². The third-order valence-electron chi connectivity index (χ3n) is 2.86. The molecule has 2 aromatic carbocycles. The summed E-state index contributed by atoms with van der Waals surface area (Å²) in [6.45, 7) is 0.748. The van der Waals surface area contributed by atoms with Crippen LogP contribution in [0.4, 0.5) is 5.69 Å². The fourth-order valence-electron chi connectivity index (χ4n) is 1.90. The van der Waals surface area contributed by atoms with Crippen molar-refractivity contribution in [3.8, 4) is 6.07 Å². The highest BCUT2D eigenvalue weighted by Crippen LogP contribution is 2.26. The van der Waals surface area contributed by atoms with E-state index in [0.29, 0.717) is 5.56 Å². The van der Waals surface area contributed by atoms with Crippen molar-refractivity contribution < 1.29 is 0 Å². The van der Waals surface area contributed by atoms with Crippen LogP contribution in [0.25, 0.3) is 0 Å². The van der Waals surface area contributed by atoms with E-state index in [9.17, 15) is 5.26 Å². The van der Waals surface area contributed by atoms with E-state index in [4.69, 9.17) is 0 Å². The zero-order valence-electron chi connectivity index (χ0n) is 10.4. The SMILES string of the molecule is CN(Cc1ccccc1Br)c1ccc(Br)cc1C#N. The number of rotatable bonds is 3. The monoisotopic (exact) mass is 378 g/mol.